The van der Waals surface area contributed by atoms with E-state index in [0.717, 1.165) is 12.0 Å². The van der Waals surface area contributed by atoms with Crippen LogP contribution in [0.15, 0.2) is 11.6 Å². The summed E-state index contributed by atoms with van der Waals surface area (Å²) < 4.78 is 0. The summed E-state index contributed by atoms with van der Waals surface area (Å²) in [6.07, 6.45) is 4.39. The van der Waals surface area contributed by atoms with Gasteiger partial charge in [-0.2, -0.15) is 0 Å². The van der Waals surface area contributed by atoms with Crippen LogP contribution in [0, 0.1) is 11.8 Å². The fraction of sp³-hybridized carbons (Fsp3) is 0.800. The molecule has 0 aromatic carbocycles. The van der Waals surface area contributed by atoms with Gasteiger partial charge < -0.3 is 5.11 Å². The highest BCUT2D eigenvalue weighted by Gasteiger charge is 2.23. The summed E-state index contributed by atoms with van der Waals surface area (Å²) in [7, 11) is 0. The van der Waals surface area contributed by atoms with Crippen molar-refractivity contribution in [3.8, 4) is 0 Å². The molecule has 0 aromatic heterocycles. The van der Waals surface area contributed by atoms with E-state index >= 15 is 0 Å². The minimum Gasteiger partial charge on any atom is -0.388 e. The first-order chi connectivity index (χ1) is 5.15. The van der Waals surface area contributed by atoms with Crippen LogP contribution in [0.3, 0.4) is 0 Å². The standard InChI is InChI=1S/C10H18O/c1-4-9-5-7(2)10(11)8(3)6-9/h5,8-11H,4,6H2,1-3H3. The molecule has 0 heterocycles. The van der Waals surface area contributed by atoms with Crippen molar-refractivity contribution < 1.29 is 5.11 Å². The molecule has 0 spiro atoms. The third kappa shape index (κ3) is 1.84. The first kappa shape index (κ1) is 8.79. The van der Waals surface area contributed by atoms with Crippen LogP contribution in [-0.4, -0.2) is 11.2 Å². The SMILES string of the molecule is CCC1C=C(C)C(O)C(C)C1. The van der Waals surface area contributed by atoms with Crippen molar-refractivity contribution in [2.24, 2.45) is 11.8 Å². The van der Waals surface area contributed by atoms with Crippen LogP contribution < -0.4 is 0 Å². The predicted molar refractivity (Wildman–Crippen MR) is 47.3 cm³/mol. The lowest BCUT2D eigenvalue weighted by Gasteiger charge is -2.28. The van der Waals surface area contributed by atoms with E-state index in [2.05, 4.69) is 19.9 Å². The molecule has 11 heavy (non-hydrogen) atoms. The minimum atomic E-state index is -0.183. The molecule has 1 nitrogen and oxygen atoms in total. The van der Waals surface area contributed by atoms with E-state index in [1.165, 1.54) is 6.42 Å². The number of hydrogen-bond donors (Lipinski definition) is 1. The topological polar surface area (TPSA) is 20.2 Å². The van der Waals surface area contributed by atoms with E-state index < -0.39 is 0 Å². The summed E-state index contributed by atoms with van der Waals surface area (Å²) in [6.45, 7) is 6.37. The van der Waals surface area contributed by atoms with Crippen LogP contribution in [0.5, 0.6) is 0 Å². The predicted octanol–water partition coefficient (Wildman–Crippen LogP) is 2.36. The van der Waals surface area contributed by atoms with Crippen LogP contribution in [0.2, 0.25) is 0 Å². The van der Waals surface area contributed by atoms with Crippen LogP contribution >= 0.6 is 0 Å². The molecule has 1 heteroatoms. The molecule has 0 aliphatic heterocycles. The van der Waals surface area contributed by atoms with E-state index in [0.29, 0.717) is 11.8 Å². The normalized spacial score (nSPS) is 38.5. The second-order valence-corrected chi connectivity index (χ2v) is 3.74. The Balaban J connectivity index is 2.68. The first-order valence-electron chi connectivity index (χ1n) is 4.51. The van der Waals surface area contributed by atoms with Crippen molar-refractivity contribution in [2.75, 3.05) is 0 Å². The third-order valence-electron chi connectivity index (χ3n) is 2.70. The molecule has 3 unspecified atom stereocenters. The Bertz CT molecular complexity index is 160. The Morgan fingerprint density at radius 2 is 2.27 bits per heavy atom. The summed E-state index contributed by atoms with van der Waals surface area (Å²) in [5, 5.41) is 9.59. The Kier molecular flexibility index (Phi) is 2.72. The van der Waals surface area contributed by atoms with Crippen molar-refractivity contribution in [1.29, 1.82) is 0 Å². The molecule has 64 valence electrons. The molecule has 0 fully saturated rings. The minimum absolute atomic E-state index is 0.183. The van der Waals surface area contributed by atoms with Gasteiger partial charge in [-0.3, -0.25) is 0 Å². The molecule has 0 aromatic rings. The molecule has 3 atom stereocenters. The van der Waals surface area contributed by atoms with E-state index in [-0.39, 0.29) is 6.10 Å². The van der Waals surface area contributed by atoms with Gasteiger partial charge in [-0.1, -0.05) is 19.9 Å². The van der Waals surface area contributed by atoms with Gasteiger partial charge in [-0.25, -0.2) is 0 Å². The van der Waals surface area contributed by atoms with Crippen molar-refractivity contribution in [3.63, 3.8) is 0 Å². The Morgan fingerprint density at radius 3 is 2.73 bits per heavy atom. The number of aliphatic hydroxyl groups excluding tert-OH is 1. The lowest BCUT2D eigenvalue weighted by Crippen LogP contribution is -2.25. The number of allylic oxidation sites excluding steroid dienone is 1. The van der Waals surface area contributed by atoms with Gasteiger partial charge in [0.15, 0.2) is 0 Å². The number of aliphatic hydroxyl groups is 1. The average Bonchev–Trinajstić information content (AvgIpc) is 1.99. The van der Waals surface area contributed by atoms with Gasteiger partial charge in [-0.05, 0) is 37.2 Å². The number of rotatable bonds is 1. The molecular weight excluding hydrogens is 136 g/mol. The van der Waals surface area contributed by atoms with Crippen LogP contribution in [-0.2, 0) is 0 Å². The van der Waals surface area contributed by atoms with Crippen LogP contribution in [0.25, 0.3) is 0 Å². The zero-order valence-electron chi connectivity index (χ0n) is 7.67. The monoisotopic (exact) mass is 154 g/mol. The molecule has 0 saturated carbocycles. The highest BCUT2D eigenvalue weighted by molar-refractivity contribution is 5.12. The first-order valence-corrected chi connectivity index (χ1v) is 4.51. The molecule has 1 rings (SSSR count). The van der Waals surface area contributed by atoms with Crippen LogP contribution in [0.1, 0.15) is 33.6 Å². The Labute approximate surface area is 69.1 Å². The van der Waals surface area contributed by atoms with Gasteiger partial charge in [0.1, 0.15) is 0 Å². The summed E-state index contributed by atoms with van der Waals surface area (Å²) in [6, 6.07) is 0. The summed E-state index contributed by atoms with van der Waals surface area (Å²) in [5.74, 6) is 1.15. The molecule has 0 saturated heterocycles. The number of hydrogen-bond acceptors (Lipinski definition) is 1. The zero-order valence-corrected chi connectivity index (χ0v) is 7.67. The lowest BCUT2D eigenvalue weighted by atomic mass is 9.81. The highest BCUT2D eigenvalue weighted by Crippen LogP contribution is 2.29. The maximum atomic E-state index is 9.59. The maximum Gasteiger partial charge on any atom is 0.0773 e. The zero-order chi connectivity index (χ0) is 8.43. The van der Waals surface area contributed by atoms with Crippen LogP contribution in [0.4, 0.5) is 0 Å². The Morgan fingerprint density at radius 1 is 1.64 bits per heavy atom. The van der Waals surface area contributed by atoms with E-state index in [1.54, 1.807) is 0 Å². The fourth-order valence-electron chi connectivity index (χ4n) is 1.88. The van der Waals surface area contributed by atoms with Crippen molar-refractivity contribution in [1.82, 2.24) is 0 Å². The van der Waals surface area contributed by atoms with E-state index in [9.17, 15) is 5.11 Å². The molecule has 1 aliphatic rings. The molecule has 0 radical (unpaired) electrons. The fourth-order valence-corrected chi connectivity index (χ4v) is 1.88. The third-order valence-corrected chi connectivity index (χ3v) is 2.70. The molecular formula is C10H18O. The molecule has 0 amide bonds. The van der Waals surface area contributed by atoms with Gasteiger partial charge >= 0.3 is 0 Å². The second kappa shape index (κ2) is 3.40. The molecule has 1 aliphatic carbocycles. The van der Waals surface area contributed by atoms with E-state index in [1.807, 2.05) is 6.92 Å². The molecule has 0 bridgehead atoms. The van der Waals surface area contributed by atoms with Crippen molar-refractivity contribution in [3.05, 3.63) is 11.6 Å². The smallest absolute Gasteiger partial charge is 0.0773 e. The van der Waals surface area contributed by atoms with Gasteiger partial charge in [0.25, 0.3) is 0 Å². The Hall–Kier alpha value is -0.300. The lowest BCUT2D eigenvalue weighted by molar-refractivity contribution is 0.126. The quantitative estimate of drug-likeness (QED) is 0.575. The largest absolute Gasteiger partial charge is 0.388 e. The average molecular weight is 154 g/mol. The van der Waals surface area contributed by atoms with Gasteiger partial charge in [0, 0.05) is 0 Å². The second-order valence-electron chi connectivity index (χ2n) is 3.74. The van der Waals surface area contributed by atoms with Gasteiger partial charge in [-0.15, -0.1) is 0 Å². The summed E-state index contributed by atoms with van der Waals surface area (Å²) in [4.78, 5) is 0. The van der Waals surface area contributed by atoms with E-state index in [4.69, 9.17) is 0 Å². The summed E-state index contributed by atoms with van der Waals surface area (Å²) in [5.41, 5.74) is 1.16. The highest BCUT2D eigenvalue weighted by atomic mass is 16.3. The van der Waals surface area contributed by atoms with Gasteiger partial charge in [0.2, 0.25) is 0 Å². The maximum absolute atomic E-state index is 9.59. The summed E-state index contributed by atoms with van der Waals surface area (Å²) >= 11 is 0. The molecule has 1 N–H and O–H groups in total. The van der Waals surface area contributed by atoms with Gasteiger partial charge in [0.05, 0.1) is 6.10 Å². The van der Waals surface area contributed by atoms with Crippen molar-refractivity contribution >= 4 is 0 Å². The van der Waals surface area contributed by atoms with Crippen molar-refractivity contribution in [2.45, 2.75) is 39.7 Å².